The van der Waals surface area contributed by atoms with Crippen LogP contribution in [0.4, 0.5) is 0 Å². The van der Waals surface area contributed by atoms with E-state index in [0.717, 1.165) is 17.0 Å². The Morgan fingerprint density at radius 3 is 2.81 bits per heavy atom. The molecule has 0 radical (unpaired) electrons. The monoisotopic (exact) mass is 442 g/mol. The van der Waals surface area contributed by atoms with Crippen molar-refractivity contribution in [3.05, 3.63) is 53.4 Å². The summed E-state index contributed by atoms with van der Waals surface area (Å²) >= 11 is 1.45. The number of hydrogen-bond donors (Lipinski definition) is 0. The summed E-state index contributed by atoms with van der Waals surface area (Å²) in [4.78, 5) is 31.2. The van der Waals surface area contributed by atoms with Crippen molar-refractivity contribution in [1.82, 2.24) is 9.88 Å². The van der Waals surface area contributed by atoms with Crippen LogP contribution in [-0.4, -0.2) is 48.6 Å². The van der Waals surface area contributed by atoms with Gasteiger partial charge in [-0.25, -0.2) is 9.78 Å². The molecule has 0 N–H and O–H groups in total. The van der Waals surface area contributed by atoms with Crippen LogP contribution in [0.5, 0.6) is 11.5 Å². The van der Waals surface area contributed by atoms with E-state index in [2.05, 4.69) is 4.98 Å². The first-order chi connectivity index (χ1) is 15.1. The van der Waals surface area contributed by atoms with Gasteiger partial charge >= 0.3 is 5.97 Å². The number of nitrogens with zero attached hydrogens (tertiary/aromatic N) is 2. The zero-order valence-electron chi connectivity index (χ0n) is 17.2. The lowest BCUT2D eigenvalue weighted by molar-refractivity contribution is -0.149. The molecular formula is C22H22N2O6S. The van der Waals surface area contributed by atoms with Gasteiger partial charge in [-0.05, 0) is 43.2 Å². The molecule has 1 atom stereocenters. The van der Waals surface area contributed by atoms with E-state index in [9.17, 15) is 9.59 Å². The molecule has 1 fully saturated rings. The van der Waals surface area contributed by atoms with Gasteiger partial charge in [0.1, 0.15) is 17.7 Å². The molecule has 1 saturated heterocycles. The Hall–Kier alpha value is -3.33. The number of esters is 1. The van der Waals surface area contributed by atoms with Crippen molar-refractivity contribution < 1.29 is 28.2 Å². The van der Waals surface area contributed by atoms with Gasteiger partial charge in [-0.2, -0.15) is 0 Å². The Bertz CT molecular complexity index is 1060. The first kappa shape index (κ1) is 20.9. The minimum absolute atomic E-state index is 0.0436. The fourth-order valence-corrected chi connectivity index (χ4v) is 4.31. The van der Waals surface area contributed by atoms with Crippen molar-refractivity contribution >= 4 is 23.2 Å². The average molecular weight is 442 g/mol. The molecular weight excluding hydrogens is 420 g/mol. The van der Waals surface area contributed by atoms with Crippen LogP contribution in [0.15, 0.2) is 46.4 Å². The molecule has 1 amide bonds. The summed E-state index contributed by atoms with van der Waals surface area (Å²) in [6.45, 7) is 0.543. The van der Waals surface area contributed by atoms with Crippen LogP contribution < -0.4 is 9.47 Å². The Labute approximate surface area is 183 Å². The summed E-state index contributed by atoms with van der Waals surface area (Å²) in [5.74, 6) is 0.749. The summed E-state index contributed by atoms with van der Waals surface area (Å²) in [5.41, 5.74) is 1.52. The molecule has 3 heterocycles. The number of ether oxygens (including phenoxy) is 3. The smallest absolute Gasteiger partial charge is 0.329 e. The molecule has 0 bridgehead atoms. The molecule has 9 heteroatoms. The van der Waals surface area contributed by atoms with Crippen LogP contribution in [0.2, 0.25) is 0 Å². The highest BCUT2D eigenvalue weighted by molar-refractivity contribution is 7.13. The quantitative estimate of drug-likeness (QED) is 0.515. The third-order valence-corrected chi connectivity index (χ3v) is 6.00. The molecule has 1 unspecified atom stereocenters. The molecule has 31 heavy (non-hydrogen) atoms. The predicted octanol–water partition coefficient (Wildman–Crippen LogP) is 3.77. The third kappa shape index (κ3) is 4.41. The number of amides is 1. The summed E-state index contributed by atoms with van der Waals surface area (Å²) in [6.07, 6.45) is 2.75. The SMILES string of the molecule is COc1ccc(-c2nc(COC(=O)C3CCCN3C(=O)c3ccco3)cs2)cc1OC. The Morgan fingerprint density at radius 2 is 2.06 bits per heavy atom. The number of carbonyl (C=O) groups is 2. The molecule has 0 saturated carbocycles. The van der Waals surface area contributed by atoms with Crippen molar-refractivity contribution in [2.45, 2.75) is 25.5 Å². The van der Waals surface area contributed by atoms with Gasteiger partial charge < -0.3 is 23.5 Å². The summed E-state index contributed by atoms with van der Waals surface area (Å²) in [6, 6.07) is 8.20. The molecule has 1 aliphatic rings. The zero-order chi connectivity index (χ0) is 21.8. The van der Waals surface area contributed by atoms with E-state index in [4.69, 9.17) is 18.6 Å². The minimum atomic E-state index is -0.610. The topological polar surface area (TPSA) is 91.1 Å². The molecule has 1 aliphatic heterocycles. The number of methoxy groups -OCH3 is 2. The maximum Gasteiger partial charge on any atom is 0.329 e. The normalized spacial score (nSPS) is 15.7. The predicted molar refractivity (Wildman–Crippen MR) is 113 cm³/mol. The van der Waals surface area contributed by atoms with E-state index in [-0.39, 0.29) is 18.3 Å². The highest BCUT2D eigenvalue weighted by Crippen LogP contribution is 2.33. The van der Waals surface area contributed by atoms with Gasteiger partial charge in [-0.1, -0.05) is 0 Å². The molecule has 0 spiro atoms. The number of furan rings is 1. The van der Waals surface area contributed by atoms with Crippen molar-refractivity contribution in [1.29, 1.82) is 0 Å². The van der Waals surface area contributed by atoms with Crippen molar-refractivity contribution in [2.24, 2.45) is 0 Å². The number of likely N-dealkylation sites (tertiary alicyclic amines) is 1. The standard InChI is InChI=1S/C22H22N2O6S/c1-27-17-8-7-14(11-19(17)28-2)20-23-15(13-31-20)12-30-22(26)16-5-3-9-24(16)21(25)18-6-4-10-29-18/h4,6-8,10-11,13,16H,3,5,9,12H2,1-2H3. The second kappa shape index (κ2) is 9.22. The lowest BCUT2D eigenvalue weighted by atomic mass is 10.2. The van der Waals surface area contributed by atoms with Crippen molar-refractivity contribution in [2.75, 3.05) is 20.8 Å². The maximum absolute atomic E-state index is 12.6. The van der Waals surface area contributed by atoms with Gasteiger partial charge in [0, 0.05) is 17.5 Å². The highest BCUT2D eigenvalue weighted by Gasteiger charge is 2.36. The molecule has 162 valence electrons. The van der Waals surface area contributed by atoms with Crippen molar-refractivity contribution in [3.63, 3.8) is 0 Å². The first-order valence-electron chi connectivity index (χ1n) is 9.78. The van der Waals surface area contributed by atoms with E-state index in [1.807, 2.05) is 23.6 Å². The second-order valence-electron chi connectivity index (χ2n) is 6.96. The first-order valence-corrected chi connectivity index (χ1v) is 10.7. The number of hydrogen-bond acceptors (Lipinski definition) is 8. The fourth-order valence-electron chi connectivity index (χ4n) is 3.51. The van der Waals surface area contributed by atoms with Gasteiger partial charge in [0.25, 0.3) is 5.91 Å². The number of carbonyl (C=O) groups excluding carboxylic acids is 2. The van der Waals surface area contributed by atoms with Gasteiger partial charge in [0.2, 0.25) is 0 Å². The van der Waals surface area contributed by atoms with Crippen LogP contribution >= 0.6 is 11.3 Å². The Kier molecular flexibility index (Phi) is 6.22. The largest absolute Gasteiger partial charge is 0.493 e. The lowest BCUT2D eigenvalue weighted by Crippen LogP contribution is -2.41. The van der Waals surface area contributed by atoms with Crippen LogP contribution in [0.1, 0.15) is 29.1 Å². The Morgan fingerprint density at radius 1 is 1.23 bits per heavy atom. The molecule has 2 aromatic heterocycles. The number of thiazole rings is 1. The summed E-state index contributed by atoms with van der Waals surface area (Å²) < 4.78 is 21.3. The summed E-state index contributed by atoms with van der Waals surface area (Å²) in [5, 5.41) is 2.63. The van der Waals surface area contributed by atoms with Crippen LogP contribution in [0.25, 0.3) is 10.6 Å². The van der Waals surface area contributed by atoms with E-state index >= 15 is 0 Å². The van der Waals surface area contributed by atoms with E-state index in [1.54, 1.807) is 26.4 Å². The van der Waals surface area contributed by atoms with Crippen LogP contribution in [0.3, 0.4) is 0 Å². The fraction of sp³-hybridized carbons (Fsp3) is 0.318. The number of benzene rings is 1. The lowest BCUT2D eigenvalue weighted by Gasteiger charge is -2.22. The van der Waals surface area contributed by atoms with Gasteiger partial charge in [-0.15, -0.1) is 11.3 Å². The molecule has 0 aliphatic carbocycles. The number of rotatable bonds is 7. The Balaban J connectivity index is 1.39. The number of aromatic nitrogens is 1. The average Bonchev–Trinajstić information content (AvgIpc) is 3.57. The second-order valence-corrected chi connectivity index (χ2v) is 7.81. The van der Waals surface area contributed by atoms with Gasteiger partial charge in [-0.3, -0.25) is 4.79 Å². The molecule has 4 rings (SSSR count). The molecule has 8 nitrogen and oxygen atoms in total. The van der Waals surface area contributed by atoms with Crippen LogP contribution in [0, 0.1) is 0 Å². The summed E-state index contributed by atoms with van der Waals surface area (Å²) in [7, 11) is 3.17. The van der Waals surface area contributed by atoms with Gasteiger partial charge in [0.15, 0.2) is 17.3 Å². The molecule has 1 aromatic carbocycles. The zero-order valence-corrected chi connectivity index (χ0v) is 18.0. The van der Waals surface area contributed by atoms with Crippen LogP contribution in [-0.2, 0) is 16.1 Å². The molecule has 3 aromatic rings. The van der Waals surface area contributed by atoms with E-state index in [1.165, 1.54) is 22.5 Å². The van der Waals surface area contributed by atoms with Crippen molar-refractivity contribution in [3.8, 4) is 22.1 Å². The third-order valence-electron chi connectivity index (χ3n) is 5.06. The van der Waals surface area contributed by atoms with E-state index < -0.39 is 12.0 Å². The highest BCUT2D eigenvalue weighted by atomic mass is 32.1. The maximum atomic E-state index is 12.6. The van der Waals surface area contributed by atoms with Gasteiger partial charge in [0.05, 0.1) is 26.2 Å². The minimum Gasteiger partial charge on any atom is -0.493 e. The van der Waals surface area contributed by atoms with E-state index in [0.29, 0.717) is 30.2 Å².